The molecule has 0 N–H and O–H groups in total. The van der Waals surface area contributed by atoms with Crippen LogP contribution in [0, 0.1) is 0 Å². The average Bonchev–Trinajstić information content (AvgIpc) is 3.68. The highest BCUT2D eigenvalue weighted by atomic mass is 19.4. The lowest BCUT2D eigenvalue weighted by Crippen LogP contribution is -2.11. The van der Waals surface area contributed by atoms with Crippen molar-refractivity contribution in [3.8, 4) is 73.0 Å². The van der Waals surface area contributed by atoms with E-state index in [1.165, 1.54) is 71.3 Å². The average molecular weight is 974 g/mol. The van der Waals surface area contributed by atoms with Gasteiger partial charge < -0.3 is 4.57 Å². The summed E-state index contributed by atoms with van der Waals surface area (Å²) in [6.45, 7) is 0. The molecule has 0 bridgehead atoms. The molecule has 0 spiro atoms. The van der Waals surface area contributed by atoms with Gasteiger partial charge >= 0.3 is 24.7 Å². The van der Waals surface area contributed by atoms with Crippen LogP contribution in [-0.4, -0.2) is 14.5 Å². The number of benzene rings is 8. The van der Waals surface area contributed by atoms with Crippen LogP contribution in [0.25, 0.3) is 94.8 Å². The van der Waals surface area contributed by atoms with Crippen molar-refractivity contribution in [2.45, 2.75) is 24.7 Å². The minimum absolute atomic E-state index is 0.00458. The van der Waals surface area contributed by atoms with E-state index in [0.29, 0.717) is 34.3 Å². The maximum Gasteiger partial charge on any atom is 0.417 e. The van der Waals surface area contributed by atoms with Crippen molar-refractivity contribution in [2.75, 3.05) is 0 Å². The first-order chi connectivity index (χ1) is 33.7. The molecule has 2 aromatic heterocycles. The van der Waals surface area contributed by atoms with Crippen molar-refractivity contribution >= 4 is 21.8 Å². The number of rotatable bonds is 7. The van der Waals surface area contributed by atoms with Crippen LogP contribution in [0.15, 0.2) is 188 Å². The van der Waals surface area contributed by atoms with Gasteiger partial charge in [-0.1, -0.05) is 121 Å². The van der Waals surface area contributed by atoms with Crippen molar-refractivity contribution in [3.63, 3.8) is 0 Å². The zero-order valence-electron chi connectivity index (χ0n) is 36.3. The van der Waals surface area contributed by atoms with Gasteiger partial charge in [-0.3, -0.25) is 0 Å². The summed E-state index contributed by atoms with van der Waals surface area (Å²) < 4.78 is 178. The third-order valence-electron chi connectivity index (χ3n) is 12.1. The summed E-state index contributed by atoms with van der Waals surface area (Å²) in [7, 11) is 0. The number of aromatic nitrogens is 3. The highest BCUT2D eigenvalue weighted by molar-refractivity contribution is 6.12. The molecule has 0 aliphatic rings. The van der Waals surface area contributed by atoms with Gasteiger partial charge in [-0.15, -0.1) is 0 Å². The van der Waals surface area contributed by atoms with E-state index in [1.54, 1.807) is 91.0 Å². The van der Waals surface area contributed by atoms with Gasteiger partial charge in [-0.2, -0.15) is 52.7 Å². The monoisotopic (exact) mass is 973 g/mol. The molecule has 0 saturated carbocycles. The van der Waals surface area contributed by atoms with E-state index in [0.717, 1.165) is 12.1 Å². The third-order valence-corrected chi connectivity index (χ3v) is 12.1. The molecule has 0 aliphatic carbocycles. The van der Waals surface area contributed by atoms with E-state index in [4.69, 9.17) is 9.97 Å². The molecule has 8 aromatic carbocycles. The first kappa shape index (κ1) is 46.5. The van der Waals surface area contributed by atoms with Gasteiger partial charge in [0.25, 0.3) is 0 Å². The highest BCUT2D eigenvalue weighted by Gasteiger charge is 2.39. The number of alkyl halides is 12. The molecule has 0 saturated heterocycles. The van der Waals surface area contributed by atoms with Gasteiger partial charge in [0.1, 0.15) is 0 Å². The second-order valence-electron chi connectivity index (χ2n) is 16.6. The molecule has 2 heterocycles. The van der Waals surface area contributed by atoms with E-state index >= 15 is 26.3 Å². The largest absolute Gasteiger partial charge is 0.417 e. The van der Waals surface area contributed by atoms with Gasteiger partial charge in [0.2, 0.25) is 0 Å². The molecule has 0 radical (unpaired) electrons. The van der Waals surface area contributed by atoms with Crippen molar-refractivity contribution in [1.82, 2.24) is 14.5 Å². The Morgan fingerprint density at radius 1 is 0.310 bits per heavy atom. The normalized spacial score (nSPS) is 12.5. The van der Waals surface area contributed by atoms with Crippen molar-refractivity contribution < 1.29 is 52.7 Å². The van der Waals surface area contributed by atoms with Crippen LogP contribution >= 0.6 is 0 Å². The molecule has 354 valence electrons. The van der Waals surface area contributed by atoms with Crippen LogP contribution in [0.1, 0.15) is 22.3 Å². The Hall–Kier alpha value is -8.20. The molecule has 71 heavy (non-hydrogen) atoms. The van der Waals surface area contributed by atoms with Crippen LogP contribution < -0.4 is 0 Å². The maximum absolute atomic E-state index is 15.4. The van der Waals surface area contributed by atoms with Crippen molar-refractivity contribution in [3.05, 3.63) is 210 Å². The second-order valence-corrected chi connectivity index (χ2v) is 16.6. The van der Waals surface area contributed by atoms with Gasteiger partial charge in [-0.25, -0.2) is 9.97 Å². The lowest BCUT2D eigenvalue weighted by Gasteiger charge is -2.24. The number of hydrogen-bond acceptors (Lipinski definition) is 2. The van der Waals surface area contributed by atoms with Crippen molar-refractivity contribution in [1.29, 1.82) is 0 Å². The Morgan fingerprint density at radius 3 is 1.31 bits per heavy atom. The molecular formula is C56H31F12N3. The number of fused-ring (bicyclic) bond motifs is 3. The van der Waals surface area contributed by atoms with E-state index < -0.39 is 63.6 Å². The Bertz CT molecular complexity index is 3480. The summed E-state index contributed by atoms with van der Waals surface area (Å²) in [5.74, 6) is 0.210. The molecule has 10 rings (SSSR count). The Morgan fingerprint density at radius 2 is 0.775 bits per heavy atom. The van der Waals surface area contributed by atoms with Gasteiger partial charge in [-0.05, 0) is 89.0 Å². The third kappa shape index (κ3) is 8.88. The summed E-state index contributed by atoms with van der Waals surface area (Å²) in [4.78, 5) is 9.70. The fourth-order valence-electron chi connectivity index (χ4n) is 8.95. The summed E-state index contributed by atoms with van der Waals surface area (Å²) in [5, 5.41) is 0.548. The number of halogens is 12. The Kier molecular flexibility index (Phi) is 11.4. The van der Waals surface area contributed by atoms with E-state index in [-0.39, 0.29) is 61.9 Å². The maximum atomic E-state index is 15.4. The summed E-state index contributed by atoms with van der Waals surface area (Å²) >= 11 is 0. The zero-order chi connectivity index (χ0) is 50.0. The predicted octanol–water partition coefficient (Wildman–Crippen LogP) is 17.7. The SMILES string of the molecule is FC(F)(F)c1cc(-c2ccc3c(c2)c2ccccc2n3-c2c(-c3ccccc3C(F)(F)F)cc(-c3cc(-c4ccccc4)nc(-c4ccccc4)n3)cc2-c2ccccc2C(F)(F)F)cc(C(F)(F)F)c1. The summed E-state index contributed by atoms with van der Waals surface area (Å²) in [5.41, 5.74) is -5.01. The Balaban J connectivity index is 1.35. The molecule has 0 aliphatic heterocycles. The topological polar surface area (TPSA) is 30.7 Å². The van der Waals surface area contributed by atoms with Crippen LogP contribution in [0.4, 0.5) is 52.7 Å². The van der Waals surface area contributed by atoms with Crippen LogP contribution in [0.5, 0.6) is 0 Å². The number of para-hydroxylation sites is 1. The highest BCUT2D eigenvalue weighted by Crippen LogP contribution is 2.50. The van der Waals surface area contributed by atoms with E-state index in [9.17, 15) is 26.3 Å². The first-order valence-corrected chi connectivity index (χ1v) is 21.6. The minimum atomic E-state index is -5.16. The fraction of sp³-hybridized carbons (Fsp3) is 0.0714. The van der Waals surface area contributed by atoms with Crippen LogP contribution in [0.2, 0.25) is 0 Å². The second kappa shape index (κ2) is 17.3. The fourth-order valence-corrected chi connectivity index (χ4v) is 8.95. The smallest absolute Gasteiger partial charge is 0.308 e. The zero-order valence-corrected chi connectivity index (χ0v) is 36.3. The molecule has 3 nitrogen and oxygen atoms in total. The van der Waals surface area contributed by atoms with E-state index in [2.05, 4.69) is 0 Å². The quantitative estimate of drug-likeness (QED) is 0.149. The van der Waals surface area contributed by atoms with Crippen LogP contribution in [0.3, 0.4) is 0 Å². The summed E-state index contributed by atoms with van der Waals surface area (Å²) in [6.07, 6.45) is -20.3. The van der Waals surface area contributed by atoms with Crippen molar-refractivity contribution in [2.24, 2.45) is 0 Å². The van der Waals surface area contributed by atoms with E-state index in [1.807, 2.05) is 0 Å². The molecule has 0 fully saturated rings. The van der Waals surface area contributed by atoms with Gasteiger partial charge in [0, 0.05) is 38.6 Å². The molecule has 10 aromatic rings. The standard InChI is InChI=1S/C56H31F12N3/c57-53(58,59)37-25-35(26-38(30-37)54(60,61)62)34-23-24-50-42(27-34)41-19-9-12-22-49(41)71(50)51-43(39-17-7-10-20-45(39)55(63,64)65)28-36(29-44(51)40-18-8-11-21-46(40)56(66,67)68)48-31-47(32-13-3-1-4-14-32)69-52(70-48)33-15-5-2-6-16-33/h1-31H. The Labute approximate surface area is 395 Å². The summed E-state index contributed by atoms with van der Waals surface area (Å²) in [6, 6.07) is 42.8. The molecule has 0 atom stereocenters. The number of hydrogen-bond donors (Lipinski definition) is 0. The van der Waals surface area contributed by atoms with Gasteiger partial charge in [0.05, 0.1) is 50.4 Å². The molecule has 0 amide bonds. The molecule has 0 unspecified atom stereocenters. The van der Waals surface area contributed by atoms with Gasteiger partial charge in [0.15, 0.2) is 5.82 Å². The predicted molar refractivity (Wildman–Crippen MR) is 249 cm³/mol. The number of nitrogens with zero attached hydrogens (tertiary/aromatic N) is 3. The van der Waals surface area contributed by atoms with Crippen LogP contribution in [-0.2, 0) is 24.7 Å². The lowest BCUT2D eigenvalue weighted by molar-refractivity contribution is -0.143. The lowest BCUT2D eigenvalue weighted by atomic mass is 9.88. The first-order valence-electron chi connectivity index (χ1n) is 21.6. The minimum Gasteiger partial charge on any atom is -0.308 e. The molecule has 15 heteroatoms. The molecular weight excluding hydrogens is 943 g/mol.